The number of ether oxygens (including phenoxy) is 2. The highest BCUT2D eigenvalue weighted by atomic mass is 19.3. The number of rotatable bonds is 3. The molecule has 1 aliphatic heterocycles. The summed E-state index contributed by atoms with van der Waals surface area (Å²) in [6.45, 7) is 2.84. The number of halogens is 2. The minimum Gasteiger partial charge on any atom is -0.395 e. The summed E-state index contributed by atoms with van der Waals surface area (Å²) in [7, 11) is 0. The fraction of sp³-hybridized carbons (Fsp3) is 0.308. The van der Waals surface area contributed by atoms with Crippen LogP contribution in [0.3, 0.4) is 0 Å². The van der Waals surface area contributed by atoms with Gasteiger partial charge in [-0.05, 0) is 18.6 Å². The first-order chi connectivity index (χ1) is 9.09. The highest BCUT2D eigenvalue weighted by Gasteiger charge is 2.43. The Hall–Kier alpha value is -2.11. The van der Waals surface area contributed by atoms with E-state index in [9.17, 15) is 8.78 Å². The first-order valence-corrected chi connectivity index (χ1v) is 6.01. The second kappa shape index (κ2) is 4.22. The molecule has 0 saturated carbocycles. The Bertz CT molecular complexity index is 631. The Kier molecular flexibility index (Phi) is 2.66. The number of aromatic nitrogens is 1. The molecule has 0 bridgehead atoms. The number of alkyl halides is 2. The zero-order valence-electron chi connectivity index (χ0n) is 10.2. The van der Waals surface area contributed by atoms with Crippen LogP contribution in [-0.4, -0.2) is 17.8 Å². The number of pyridine rings is 1. The van der Waals surface area contributed by atoms with Crippen LogP contribution in [0.5, 0.6) is 11.5 Å². The fourth-order valence-electron chi connectivity index (χ4n) is 2.00. The van der Waals surface area contributed by atoms with Crippen LogP contribution in [0.25, 0.3) is 10.9 Å². The standard InChI is InChI=1S/C13H12F2N2O2/c1-2-4-16-9-3-5-17-10-7-12-11(6-8(9)10)18-13(14,15)19-12/h3,5-7H,2,4H2,1H3,(H,16,17). The average molecular weight is 266 g/mol. The summed E-state index contributed by atoms with van der Waals surface area (Å²) in [5.41, 5.74) is 1.43. The van der Waals surface area contributed by atoms with Gasteiger partial charge in [-0.2, -0.15) is 0 Å². The van der Waals surface area contributed by atoms with Gasteiger partial charge < -0.3 is 14.8 Å². The molecular formula is C13H12F2N2O2. The van der Waals surface area contributed by atoms with E-state index in [-0.39, 0.29) is 11.5 Å². The summed E-state index contributed by atoms with van der Waals surface area (Å²) < 4.78 is 34.9. The Morgan fingerprint density at radius 1 is 1.26 bits per heavy atom. The zero-order valence-corrected chi connectivity index (χ0v) is 10.2. The lowest BCUT2D eigenvalue weighted by Crippen LogP contribution is -2.25. The highest BCUT2D eigenvalue weighted by Crippen LogP contribution is 2.43. The predicted molar refractivity (Wildman–Crippen MR) is 66.7 cm³/mol. The molecule has 1 aromatic carbocycles. The molecule has 0 aliphatic carbocycles. The minimum absolute atomic E-state index is 0.0117. The maximum absolute atomic E-state index is 13.0. The normalized spacial score (nSPS) is 15.7. The van der Waals surface area contributed by atoms with E-state index in [1.807, 2.05) is 6.92 Å². The molecule has 0 saturated heterocycles. The Morgan fingerprint density at radius 3 is 2.74 bits per heavy atom. The van der Waals surface area contributed by atoms with E-state index in [2.05, 4.69) is 19.8 Å². The van der Waals surface area contributed by atoms with Crippen molar-refractivity contribution in [2.24, 2.45) is 0 Å². The summed E-state index contributed by atoms with van der Waals surface area (Å²) in [6.07, 6.45) is -1.01. The summed E-state index contributed by atoms with van der Waals surface area (Å²) in [6, 6.07) is 4.79. The number of fused-ring (bicyclic) bond motifs is 2. The molecule has 0 fully saturated rings. The second-order valence-electron chi connectivity index (χ2n) is 4.27. The molecule has 1 aromatic heterocycles. The SMILES string of the molecule is CCCNc1ccnc2cc3c(cc12)OC(F)(F)O3. The van der Waals surface area contributed by atoms with Crippen molar-refractivity contribution in [1.29, 1.82) is 0 Å². The van der Waals surface area contributed by atoms with Crippen LogP contribution in [0, 0.1) is 0 Å². The third-order valence-electron chi connectivity index (χ3n) is 2.83. The molecule has 1 N–H and O–H groups in total. The van der Waals surface area contributed by atoms with Gasteiger partial charge >= 0.3 is 6.29 Å². The topological polar surface area (TPSA) is 43.4 Å². The molecule has 1 aliphatic rings. The quantitative estimate of drug-likeness (QED) is 0.924. The number of benzene rings is 1. The highest BCUT2D eigenvalue weighted by molar-refractivity contribution is 5.93. The predicted octanol–water partition coefficient (Wildman–Crippen LogP) is 3.38. The molecular weight excluding hydrogens is 254 g/mol. The van der Waals surface area contributed by atoms with Crippen molar-refractivity contribution >= 4 is 16.6 Å². The maximum atomic E-state index is 13.0. The lowest BCUT2D eigenvalue weighted by Gasteiger charge is -2.08. The Morgan fingerprint density at radius 2 is 2.00 bits per heavy atom. The maximum Gasteiger partial charge on any atom is 0.586 e. The molecule has 6 heteroatoms. The minimum atomic E-state index is -3.60. The molecule has 4 nitrogen and oxygen atoms in total. The van der Waals surface area contributed by atoms with E-state index in [0.717, 1.165) is 24.0 Å². The number of anilines is 1. The van der Waals surface area contributed by atoms with Crippen LogP contribution in [0.1, 0.15) is 13.3 Å². The van der Waals surface area contributed by atoms with Crippen molar-refractivity contribution < 1.29 is 18.3 Å². The molecule has 3 rings (SSSR count). The summed E-state index contributed by atoms with van der Waals surface area (Å²) in [4.78, 5) is 4.15. The number of hydrogen-bond acceptors (Lipinski definition) is 4. The molecule has 19 heavy (non-hydrogen) atoms. The van der Waals surface area contributed by atoms with Crippen molar-refractivity contribution in [3.8, 4) is 11.5 Å². The van der Waals surface area contributed by atoms with Gasteiger partial charge in [0, 0.05) is 29.9 Å². The molecule has 2 heterocycles. The fourth-order valence-corrected chi connectivity index (χ4v) is 2.00. The van der Waals surface area contributed by atoms with Crippen LogP contribution >= 0.6 is 0 Å². The number of nitrogens with one attached hydrogen (secondary N) is 1. The lowest BCUT2D eigenvalue weighted by atomic mass is 10.1. The van der Waals surface area contributed by atoms with E-state index in [1.54, 1.807) is 12.3 Å². The lowest BCUT2D eigenvalue weighted by molar-refractivity contribution is -0.286. The van der Waals surface area contributed by atoms with Gasteiger partial charge in [0.1, 0.15) is 0 Å². The van der Waals surface area contributed by atoms with Crippen molar-refractivity contribution in [3.05, 3.63) is 24.4 Å². The third-order valence-corrected chi connectivity index (χ3v) is 2.83. The Balaban J connectivity index is 2.08. The van der Waals surface area contributed by atoms with Crippen molar-refractivity contribution in [1.82, 2.24) is 4.98 Å². The molecule has 0 radical (unpaired) electrons. The average Bonchev–Trinajstić information content (AvgIpc) is 2.66. The molecule has 2 aromatic rings. The summed E-state index contributed by atoms with van der Waals surface area (Å²) >= 11 is 0. The zero-order chi connectivity index (χ0) is 13.5. The number of nitrogens with zero attached hydrogens (tertiary/aromatic N) is 1. The monoisotopic (exact) mass is 266 g/mol. The van der Waals surface area contributed by atoms with Crippen molar-refractivity contribution in [2.45, 2.75) is 19.6 Å². The van der Waals surface area contributed by atoms with Crippen LogP contribution in [-0.2, 0) is 0 Å². The van der Waals surface area contributed by atoms with Gasteiger partial charge in [0.05, 0.1) is 5.52 Å². The molecule has 0 atom stereocenters. The van der Waals surface area contributed by atoms with E-state index in [0.29, 0.717) is 5.52 Å². The van der Waals surface area contributed by atoms with Gasteiger partial charge in [0.25, 0.3) is 0 Å². The van der Waals surface area contributed by atoms with Gasteiger partial charge in [-0.25, -0.2) is 0 Å². The summed E-state index contributed by atoms with van der Waals surface area (Å²) in [5, 5.41) is 3.96. The van der Waals surface area contributed by atoms with Crippen LogP contribution in [0.4, 0.5) is 14.5 Å². The largest absolute Gasteiger partial charge is 0.586 e. The van der Waals surface area contributed by atoms with Crippen LogP contribution in [0.2, 0.25) is 0 Å². The van der Waals surface area contributed by atoms with Gasteiger partial charge in [-0.3, -0.25) is 4.98 Å². The van der Waals surface area contributed by atoms with E-state index < -0.39 is 6.29 Å². The van der Waals surface area contributed by atoms with E-state index in [1.165, 1.54) is 12.1 Å². The van der Waals surface area contributed by atoms with Crippen molar-refractivity contribution in [2.75, 3.05) is 11.9 Å². The van der Waals surface area contributed by atoms with Gasteiger partial charge in [0.2, 0.25) is 0 Å². The second-order valence-corrected chi connectivity index (χ2v) is 4.27. The number of hydrogen-bond donors (Lipinski definition) is 1. The third kappa shape index (κ3) is 2.14. The van der Waals surface area contributed by atoms with Crippen LogP contribution < -0.4 is 14.8 Å². The van der Waals surface area contributed by atoms with Crippen molar-refractivity contribution in [3.63, 3.8) is 0 Å². The van der Waals surface area contributed by atoms with Gasteiger partial charge in [-0.1, -0.05) is 6.92 Å². The summed E-state index contributed by atoms with van der Waals surface area (Å²) in [5.74, 6) is 0.0442. The van der Waals surface area contributed by atoms with E-state index >= 15 is 0 Å². The first kappa shape index (κ1) is 12.0. The molecule has 100 valence electrons. The van der Waals surface area contributed by atoms with Crippen LogP contribution in [0.15, 0.2) is 24.4 Å². The molecule has 0 spiro atoms. The molecule has 0 unspecified atom stereocenters. The first-order valence-electron chi connectivity index (χ1n) is 6.01. The smallest absolute Gasteiger partial charge is 0.395 e. The van der Waals surface area contributed by atoms with Gasteiger partial charge in [0.15, 0.2) is 11.5 Å². The Labute approximate surface area is 108 Å². The molecule has 0 amide bonds. The van der Waals surface area contributed by atoms with Gasteiger partial charge in [-0.15, -0.1) is 8.78 Å². The van der Waals surface area contributed by atoms with E-state index in [4.69, 9.17) is 0 Å².